The third kappa shape index (κ3) is 3.58. The summed E-state index contributed by atoms with van der Waals surface area (Å²) in [6.07, 6.45) is -0.507. The molecule has 0 fully saturated rings. The molecule has 106 valence electrons. The maximum atomic E-state index is 13.2. The summed E-state index contributed by atoms with van der Waals surface area (Å²) in [7, 11) is 1.95. The molecule has 0 spiro atoms. The zero-order valence-corrected chi connectivity index (χ0v) is 13.1. The van der Waals surface area contributed by atoms with Gasteiger partial charge in [0.05, 0.1) is 6.10 Å². The lowest BCUT2D eigenvalue weighted by Gasteiger charge is -2.21. The molecule has 1 atom stereocenters. The van der Waals surface area contributed by atoms with Gasteiger partial charge in [-0.05, 0) is 42.3 Å². The summed E-state index contributed by atoms with van der Waals surface area (Å²) in [5.41, 5.74) is 2.78. The van der Waals surface area contributed by atoms with E-state index < -0.39 is 6.10 Å². The van der Waals surface area contributed by atoms with E-state index in [1.807, 2.05) is 36.2 Å². The molecule has 2 rings (SSSR count). The second kappa shape index (κ2) is 6.37. The Kier molecular flexibility index (Phi) is 4.78. The maximum Gasteiger partial charge on any atom is 0.123 e. The largest absolute Gasteiger partial charge is 0.389 e. The smallest absolute Gasteiger partial charge is 0.123 e. The molecule has 2 nitrogen and oxygen atoms in total. The first kappa shape index (κ1) is 15.0. The Morgan fingerprint density at radius 2 is 2.00 bits per heavy atom. The molecule has 2 aromatic carbocycles. The fourth-order valence-corrected chi connectivity index (χ4v) is 2.79. The molecule has 1 N–H and O–H groups in total. The Labute approximate surface area is 127 Å². The topological polar surface area (TPSA) is 23.5 Å². The minimum atomic E-state index is -0.507. The van der Waals surface area contributed by atoms with Gasteiger partial charge in [0.15, 0.2) is 0 Å². The molecule has 0 aromatic heterocycles. The van der Waals surface area contributed by atoms with Crippen molar-refractivity contribution in [2.75, 3.05) is 11.9 Å². The summed E-state index contributed by atoms with van der Waals surface area (Å²) < 4.78 is 14.0. The van der Waals surface area contributed by atoms with E-state index in [1.165, 1.54) is 12.1 Å². The molecule has 0 radical (unpaired) electrons. The average molecular weight is 338 g/mol. The van der Waals surface area contributed by atoms with Gasteiger partial charge in [0, 0.05) is 23.8 Å². The van der Waals surface area contributed by atoms with E-state index in [0.29, 0.717) is 6.54 Å². The van der Waals surface area contributed by atoms with E-state index in [1.54, 1.807) is 13.0 Å². The van der Waals surface area contributed by atoms with Crippen LogP contribution in [0.3, 0.4) is 0 Å². The first-order valence-corrected chi connectivity index (χ1v) is 7.20. The third-order valence-electron chi connectivity index (χ3n) is 3.18. The Hall–Kier alpha value is -1.39. The van der Waals surface area contributed by atoms with Crippen LogP contribution in [0.1, 0.15) is 24.2 Å². The lowest BCUT2D eigenvalue weighted by Crippen LogP contribution is -2.16. The fraction of sp³-hybridized carbons (Fsp3) is 0.250. The summed E-state index contributed by atoms with van der Waals surface area (Å²) in [4.78, 5) is 2.03. The predicted molar refractivity (Wildman–Crippen MR) is 83.3 cm³/mol. The zero-order chi connectivity index (χ0) is 14.7. The Balaban J connectivity index is 2.17. The monoisotopic (exact) mass is 337 g/mol. The number of hydrogen-bond acceptors (Lipinski definition) is 2. The molecule has 0 saturated heterocycles. The average Bonchev–Trinajstić information content (AvgIpc) is 2.38. The van der Waals surface area contributed by atoms with Crippen LogP contribution >= 0.6 is 15.9 Å². The van der Waals surface area contributed by atoms with Gasteiger partial charge in [-0.3, -0.25) is 0 Å². The van der Waals surface area contributed by atoms with Crippen LogP contribution in [-0.4, -0.2) is 12.2 Å². The van der Waals surface area contributed by atoms with E-state index >= 15 is 0 Å². The second-order valence-electron chi connectivity index (χ2n) is 4.87. The highest BCUT2D eigenvalue weighted by Crippen LogP contribution is 2.28. The van der Waals surface area contributed by atoms with E-state index in [9.17, 15) is 9.50 Å². The number of benzene rings is 2. The molecule has 0 saturated carbocycles. The highest BCUT2D eigenvalue weighted by molar-refractivity contribution is 9.10. The van der Waals surface area contributed by atoms with Crippen molar-refractivity contribution in [1.82, 2.24) is 0 Å². The molecule has 0 aliphatic carbocycles. The fourth-order valence-electron chi connectivity index (χ4n) is 2.09. The summed E-state index contributed by atoms with van der Waals surface area (Å²) in [5, 5.41) is 9.61. The number of nitrogens with zero attached hydrogens (tertiary/aromatic N) is 1. The van der Waals surface area contributed by atoms with Crippen molar-refractivity contribution in [1.29, 1.82) is 0 Å². The van der Waals surface area contributed by atoms with Gasteiger partial charge in [0.1, 0.15) is 5.82 Å². The van der Waals surface area contributed by atoms with Crippen LogP contribution < -0.4 is 4.90 Å². The van der Waals surface area contributed by atoms with E-state index in [-0.39, 0.29) is 5.82 Å². The lowest BCUT2D eigenvalue weighted by molar-refractivity contribution is 0.198. The summed E-state index contributed by atoms with van der Waals surface area (Å²) >= 11 is 3.47. The van der Waals surface area contributed by atoms with Gasteiger partial charge in [-0.15, -0.1) is 0 Å². The molecule has 0 aliphatic rings. The van der Waals surface area contributed by atoms with Gasteiger partial charge in [-0.2, -0.15) is 0 Å². The Morgan fingerprint density at radius 3 is 2.60 bits per heavy atom. The zero-order valence-electron chi connectivity index (χ0n) is 11.5. The van der Waals surface area contributed by atoms with Crippen LogP contribution in [0.25, 0.3) is 0 Å². The quantitative estimate of drug-likeness (QED) is 0.900. The number of halogens is 2. The van der Waals surface area contributed by atoms with Crippen LogP contribution in [0.5, 0.6) is 0 Å². The SMILES string of the molecule is C[C@@H](O)c1ccc(N(C)Cc2cccc(F)c2)cc1Br. The van der Waals surface area contributed by atoms with E-state index in [4.69, 9.17) is 0 Å². The molecular weight excluding hydrogens is 321 g/mol. The predicted octanol–water partition coefficient (Wildman–Crippen LogP) is 4.28. The van der Waals surface area contributed by atoms with Crippen molar-refractivity contribution in [3.05, 3.63) is 63.9 Å². The molecule has 20 heavy (non-hydrogen) atoms. The Bertz CT molecular complexity index is 601. The molecular formula is C16H17BrFNO. The minimum Gasteiger partial charge on any atom is -0.389 e. The van der Waals surface area contributed by atoms with Crippen molar-refractivity contribution in [2.45, 2.75) is 19.6 Å². The van der Waals surface area contributed by atoms with E-state index in [2.05, 4.69) is 15.9 Å². The molecule has 0 unspecified atom stereocenters. The first-order chi connectivity index (χ1) is 9.47. The van der Waals surface area contributed by atoms with Gasteiger partial charge >= 0.3 is 0 Å². The number of anilines is 1. The third-order valence-corrected chi connectivity index (χ3v) is 3.87. The molecule has 4 heteroatoms. The molecule has 0 amide bonds. The summed E-state index contributed by atoms with van der Waals surface area (Å²) in [6, 6.07) is 12.4. The van der Waals surface area contributed by atoms with Gasteiger partial charge in [-0.1, -0.05) is 34.1 Å². The van der Waals surface area contributed by atoms with Crippen LogP contribution in [0.15, 0.2) is 46.9 Å². The van der Waals surface area contributed by atoms with Crippen LogP contribution in [0.4, 0.5) is 10.1 Å². The highest BCUT2D eigenvalue weighted by Gasteiger charge is 2.09. The molecule has 0 bridgehead atoms. The number of aliphatic hydroxyl groups excluding tert-OH is 1. The minimum absolute atomic E-state index is 0.221. The van der Waals surface area contributed by atoms with Gasteiger partial charge < -0.3 is 10.0 Å². The normalized spacial score (nSPS) is 12.2. The second-order valence-corrected chi connectivity index (χ2v) is 5.72. The lowest BCUT2D eigenvalue weighted by atomic mass is 10.1. The maximum absolute atomic E-state index is 13.2. The van der Waals surface area contributed by atoms with Crippen LogP contribution in [0, 0.1) is 5.82 Å². The van der Waals surface area contributed by atoms with Crippen LogP contribution in [-0.2, 0) is 6.54 Å². The van der Waals surface area contributed by atoms with Gasteiger partial charge in [0.25, 0.3) is 0 Å². The number of rotatable bonds is 4. The Morgan fingerprint density at radius 1 is 1.25 bits per heavy atom. The van der Waals surface area contributed by atoms with Crippen molar-refractivity contribution < 1.29 is 9.50 Å². The summed E-state index contributed by atoms with van der Waals surface area (Å²) in [5.74, 6) is -0.221. The van der Waals surface area contributed by atoms with Crippen molar-refractivity contribution in [3.8, 4) is 0 Å². The van der Waals surface area contributed by atoms with Gasteiger partial charge in [-0.25, -0.2) is 4.39 Å². The van der Waals surface area contributed by atoms with Crippen LogP contribution in [0.2, 0.25) is 0 Å². The summed E-state index contributed by atoms with van der Waals surface area (Å²) in [6.45, 7) is 2.36. The standard InChI is InChI=1S/C16H17BrFNO/c1-11(20)15-7-6-14(9-16(15)17)19(2)10-12-4-3-5-13(18)8-12/h3-9,11,20H,10H2,1-2H3/t11-/m1/s1. The molecule has 0 aliphatic heterocycles. The van der Waals surface area contributed by atoms with E-state index in [0.717, 1.165) is 21.3 Å². The number of aliphatic hydroxyl groups is 1. The van der Waals surface area contributed by atoms with Crippen molar-refractivity contribution in [2.24, 2.45) is 0 Å². The first-order valence-electron chi connectivity index (χ1n) is 6.40. The van der Waals surface area contributed by atoms with Crippen molar-refractivity contribution >= 4 is 21.6 Å². The van der Waals surface area contributed by atoms with Gasteiger partial charge in [0.2, 0.25) is 0 Å². The highest BCUT2D eigenvalue weighted by atomic mass is 79.9. The molecule has 0 heterocycles. The van der Waals surface area contributed by atoms with Crippen molar-refractivity contribution in [3.63, 3.8) is 0 Å². The number of hydrogen-bond donors (Lipinski definition) is 1. The molecule has 2 aromatic rings.